The van der Waals surface area contributed by atoms with Gasteiger partial charge in [0.25, 0.3) is 0 Å². The predicted molar refractivity (Wildman–Crippen MR) is 37.3 cm³/mol. The summed E-state index contributed by atoms with van der Waals surface area (Å²) in [5.41, 5.74) is 0. The molecule has 0 atom stereocenters. The standard InChI is InChI=1S/C6H14N2O2/c9-5-1-3-7-6(10)8-4-2-5/h5-10H,1-4H2. The summed E-state index contributed by atoms with van der Waals surface area (Å²) in [6.45, 7) is 1.32. The van der Waals surface area contributed by atoms with Crippen LogP contribution in [0.5, 0.6) is 0 Å². The Kier molecular flexibility index (Phi) is 3.08. The molecule has 1 saturated heterocycles. The van der Waals surface area contributed by atoms with Gasteiger partial charge in [-0.3, -0.25) is 10.6 Å². The van der Waals surface area contributed by atoms with Crippen LogP contribution < -0.4 is 10.6 Å². The second kappa shape index (κ2) is 3.88. The molecule has 0 aromatic carbocycles. The molecule has 0 amide bonds. The van der Waals surface area contributed by atoms with Crippen LogP contribution in [0, 0.1) is 0 Å². The van der Waals surface area contributed by atoms with Crippen LogP contribution >= 0.6 is 0 Å². The Morgan fingerprint density at radius 2 is 1.50 bits per heavy atom. The highest BCUT2D eigenvalue weighted by Gasteiger charge is 2.10. The summed E-state index contributed by atoms with van der Waals surface area (Å²) in [6.07, 6.45) is 0.609. The zero-order valence-corrected chi connectivity index (χ0v) is 5.88. The molecule has 1 aliphatic rings. The van der Waals surface area contributed by atoms with Gasteiger partial charge in [-0.25, -0.2) is 0 Å². The first-order chi connectivity index (χ1) is 4.79. The van der Waals surface area contributed by atoms with Gasteiger partial charge in [-0.1, -0.05) is 0 Å². The van der Waals surface area contributed by atoms with E-state index in [1.165, 1.54) is 0 Å². The highest BCUT2D eigenvalue weighted by atomic mass is 16.3. The Bertz CT molecular complexity index is 79.7. The van der Waals surface area contributed by atoms with Crippen LogP contribution in [0.4, 0.5) is 0 Å². The van der Waals surface area contributed by atoms with Crippen molar-refractivity contribution in [3.05, 3.63) is 0 Å². The zero-order valence-electron chi connectivity index (χ0n) is 5.88. The lowest BCUT2D eigenvalue weighted by Gasteiger charge is -2.20. The Hall–Kier alpha value is -0.160. The molecule has 1 fully saturated rings. The topological polar surface area (TPSA) is 64.5 Å². The molecule has 4 heteroatoms. The van der Waals surface area contributed by atoms with E-state index in [0.717, 1.165) is 12.8 Å². The summed E-state index contributed by atoms with van der Waals surface area (Å²) in [6, 6.07) is 0. The quantitative estimate of drug-likeness (QED) is 0.339. The van der Waals surface area contributed by atoms with Gasteiger partial charge in [-0.2, -0.15) is 0 Å². The Morgan fingerprint density at radius 3 is 2.00 bits per heavy atom. The van der Waals surface area contributed by atoms with Gasteiger partial charge in [0.2, 0.25) is 0 Å². The summed E-state index contributed by atoms with van der Waals surface area (Å²) in [5.74, 6) is 0. The van der Waals surface area contributed by atoms with Crippen LogP contribution in [0.2, 0.25) is 0 Å². The molecule has 0 aromatic rings. The molecule has 0 aromatic heterocycles. The Morgan fingerprint density at radius 1 is 1.00 bits per heavy atom. The SMILES string of the molecule is OC1CCNC(O)NCC1. The van der Waals surface area contributed by atoms with Crippen molar-refractivity contribution < 1.29 is 10.2 Å². The van der Waals surface area contributed by atoms with Crippen molar-refractivity contribution in [3.8, 4) is 0 Å². The van der Waals surface area contributed by atoms with Crippen LogP contribution in [0.15, 0.2) is 0 Å². The second-order valence-electron chi connectivity index (χ2n) is 2.54. The maximum atomic E-state index is 9.14. The van der Waals surface area contributed by atoms with E-state index in [1.54, 1.807) is 0 Å². The summed E-state index contributed by atoms with van der Waals surface area (Å²) < 4.78 is 0. The average Bonchev–Trinajstić information content (AvgIpc) is 1.84. The van der Waals surface area contributed by atoms with Gasteiger partial charge >= 0.3 is 0 Å². The van der Waals surface area contributed by atoms with Crippen molar-refractivity contribution in [2.45, 2.75) is 25.3 Å². The van der Waals surface area contributed by atoms with E-state index in [-0.39, 0.29) is 6.10 Å². The second-order valence-corrected chi connectivity index (χ2v) is 2.54. The summed E-state index contributed by atoms with van der Waals surface area (Å²) in [5, 5.41) is 23.7. The average molecular weight is 146 g/mol. The van der Waals surface area contributed by atoms with E-state index in [2.05, 4.69) is 10.6 Å². The van der Waals surface area contributed by atoms with Crippen LogP contribution in [0.25, 0.3) is 0 Å². The molecule has 10 heavy (non-hydrogen) atoms. The van der Waals surface area contributed by atoms with Gasteiger partial charge in [-0.15, -0.1) is 0 Å². The van der Waals surface area contributed by atoms with Crippen LogP contribution in [-0.2, 0) is 0 Å². The third-order valence-electron chi connectivity index (χ3n) is 1.63. The third-order valence-corrected chi connectivity index (χ3v) is 1.63. The summed E-state index contributed by atoms with van der Waals surface area (Å²) in [4.78, 5) is 0. The van der Waals surface area contributed by atoms with E-state index >= 15 is 0 Å². The fourth-order valence-electron chi connectivity index (χ4n) is 0.990. The van der Waals surface area contributed by atoms with Crippen LogP contribution in [0.3, 0.4) is 0 Å². The molecule has 1 heterocycles. The lowest BCUT2D eigenvalue weighted by Crippen LogP contribution is -2.46. The van der Waals surface area contributed by atoms with Crippen molar-refractivity contribution in [1.29, 1.82) is 0 Å². The highest BCUT2D eigenvalue weighted by molar-refractivity contribution is 4.64. The molecule has 1 aliphatic heterocycles. The fraction of sp³-hybridized carbons (Fsp3) is 1.00. The van der Waals surface area contributed by atoms with Gasteiger partial charge in [0.15, 0.2) is 6.35 Å². The smallest absolute Gasteiger partial charge is 0.160 e. The number of hydrogen-bond acceptors (Lipinski definition) is 4. The molecular weight excluding hydrogens is 132 g/mol. The number of rotatable bonds is 0. The summed E-state index contributed by atoms with van der Waals surface area (Å²) in [7, 11) is 0. The normalized spacial score (nSPS) is 36.6. The van der Waals surface area contributed by atoms with E-state index in [1.807, 2.05) is 0 Å². The van der Waals surface area contributed by atoms with Crippen molar-refractivity contribution in [2.24, 2.45) is 0 Å². The molecule has 4 nitrogen and oxygen atoms in total. The maximum absolute atomic E-state index is 9.14. The molecule has 0 unspecified atom stereocenters. The van der Waals surface area contributed by atoms with Gasteiger partial charge in [0.1, 0.15) is 0 Å². The number of aliphatic hydroxyl groups is 2. The first-order valence-corrected chi connectivity index (χ1v) is 3.62. The molecule has 0 radical (unpaired) electrons. The summed E-state index contributed by atoms with van der Waals surface area (Å²) >= 11 is 0. The molecule has 4 N–H and O–H groups in total. The lowest BCUT2D eigenvalue weighted by atomic mass is 10.2. The highest BCUT2D eigenvalue weighted by Crippen LogP contribution is 1.97. The molecule has 60 valence electrons. The number of aliphatic hydroxyl groups excluding tert-OH is 2. The molecule has 0 aliphatic carbocycles. The minimum atomic E-state index is -0.604. The van der Waals surface area contributed by atoms with Crippen LogP contribution in [-0.4, -0.2) is 35.8 Å². The molecule has 0 spiro atoms. The Labute approximate surface area is 60.2 Å². The lowest BCUT2D eigenvalue weighted by molar-refractivity contribution is 0.0688. The van der Waals surface area contributed by atoms with Crippen molar-refractivity contribution in [2.75, 3.05) is 13.1 Å². The first kappa shape index (κ1) is 7.94. The van der Waals surface area contributed by atoms with E-state index in [0.29, 0.717) is 13.1 Å². The van der Waals surface area contributed by atoms with Crippen molar-refractivity contribution >= 4 is 0 Å². The monoisotopic (exact) mass is 146 g/mol. The minimum absolute atomic E-state index is 0.229. The van der Waals surface area contributed by atoms with Gasteiger partial charge in [0.05, 0.1) is 6.10 Å². The van der Waals surface area contributed by atoms with Crippen molar-refractivity contribution in [3.63, 3.8) is 0 Å². The predicted octanol–water partition coefficient (Wildman–Crippen LogP) is -1.40. The van der Waals surface area contributed by atoms with Gasteiger partial charge in [0, 0.05) is 13.1 Å². The Balaban J connectivity index is 2.21. The van der Waals surface area contributed by atoms with Crippen molar-refractivity contribution in [1.82, 2.24) is 10.6 Å². The molecular formula is C6H14N2O2. The largest absolute Gasteiger partial charge is 0.393 e. The fourth-order valence-corrected chi connectivity index (χ4v) is 0.990. The van der Waals surface area contributed by atoms with Gasteiger partial charge in [-0.05, 0) is 12.8 Å². The number of hydrogen-bond donors (Lipinski definition) is 4. The van der Waals surface area contributed by atoms with Gasteiger partial charge < -0.3 is 10.2 Å². The molecule has 0 saturated carbocycles. The first-order valence-electron chi connectivity index (χ1n) is 3.62. The number of nitrogens with one attached hydrogen (secondary N) is 2. The maximum Gasteiger partial charge on any atom is 0.160 e. The van der Waals surface area contributed by atoms with E-state index in [9.17, 15) is 0 Å². The van der Waals surface area contributed by atoms with E-state index in [4.69, 9.17) is 10.2 Å². The third kappa shape index (κ3) is 2.62. The van der Waals surface area contributed by atoms with Crippen LogP contribution in [0.1, 0.15) is 12.8 Å². The zero-order chi connectivity index (χ0) is 7.40. The van der Waals surface area contributed by atoms with E-state index < -0.39 is 6.35 Å². The minimum Gasteiger partial charge on any atom is -0.393 e. The molecule has 0 bridgehead atoms. The molecule has 1 rings (SSSR count).